The topological polar surface area (TPSA) is 29.5 Å². The van der Waals surface area contributed by atoms with Crippen molar-refractivity contribution in [3.8, 4) is 5.75 Å². The minimum atomic E-state index is -0.442. The van der Waals surface area contributed by atoms with Gasteiger partial charge in [-0.05, 0) is 61.6 Å². The first-order valence-electron chi connectivity index (χ1n) is 8.22. The minimum Gasteiger partial charge on any atom is -0.481 e. The SMILES string of the molecule is CC[C@H](Oc1cc(C)cc(C)c1)C(=O)N1CCc2ccccc21. The van der Waals surface area contributed by atoms with Gasteiger partial charge in [0.2, 0.25) is 0 Å². The number of para-hydroxylation sites is 1. The maximum absolute atomic E-state index is 12.9. The van der Waals surface area contributed by atoms with Gasteiger partial charge < -0.3 is 9.64 Å². The third kappa shape index (κ3) is 3.24. The number of hydrogen-bond donors (Lipinski definition) is 0. The number of ether oxygens (including phenoxy) is 1. The Hall–Kier alpha value is -2.29. The zero-order valence-electron chi connectivity index (χ0n) is 14.0. The molecule has 3 nitrogen and oxygen atoms in total. The second-order valence-electron chi connectivity index (χ2n) is 6.21. The maximum Gasteiger partial charge on any atom is 0.268 e. The number of nitrogens with zero attached hydrogens (tertiary/aromatic N) is 1. The number of benzene rings is 2. The van der Waals surface area contributed by atoms with Gasteiger partial charge in [-0.15, -0.1) is 0 Å². The zero-order valence-corrected chi connectivity index (χ0v) is 14.0. The molecule has 1 aliphatic heterocycles. The highest BCUT2D eigenvalue weighted by Gasteiger charge is 2.30. The predicted molar refractivity (Wildman–Crippen MR) is 93.1 cm³/mol. The van der Waals surface area contributed by atoms with Crippen molar-refractivity contribution in [2.75, 3.05) is 11.4 Å². The molecule has 1 atom stereocenters. The van der Waals surface area contributed by atoms with Gasteiger partial charge in [0.05, 0.1) is 0 Å². The highest BCUT2D eigenvalue weighted by atomic mass is 16.5. The lowest BCUT2D eigenvalue weighted by Crippen LogP contribution is -2.41. The number of carbonyl (C=O) groups excluding carboxylic acids is 1. The Morgan fingerprint density at radius 2 is 1.87 bits per heavy atom. The van der Waals surface area contributed by atoms with Gasteiger partial charge in [0, 0.05) is 12.2 Å². The first-order chi connectivity index (χ1) is 11.1. The number of amides is 1. The van der Waals surface area contributed by atoms with E-state index in [1.54, 1.807) is 0 Å². The average Bonchev–Trinajstić information content (AvgIpc) is 2.95. The van der Waals surface area contributed by atoms with Gasteiger partial charge in [0.25, 0.3) is 5.91 Å². The third-order valence-electron chi connectivity index (χ3n) is 4.27. The van der Waals surface area contributed by atoms with Crippen LogP contribution in [0.3, 0.4) is 0 Å². The van der Waals surface area contributed by atoms with E-state index in [9.17, 15) is 4.79 Å². The summed E-state index contributed by atoms with van der Waals surface area (Å²) in [6.45, 7) is 6.82. The van der Waals surface area contributed by atoms with Crippen LogP contribution in [0, 0.1) is 13.8 Å². The molecule has 0 radical (unpaired) electrons. The van der Waals surface area contributed by atoms with E-state index in [1.807, 2.05) is 56.0 Å². The Bertz CT molecular complexity index is 703. The number of hydrogen-bond acceptors (Lipinski definition) is 2. The molecule has 0 fully saturated rings. The lowest BCUT2D eigenvalue weighted by molar-refractivity contribution is -0.125. The summed E-state index contributed by atoms with van der Waals surface area (Å²) in [6, 6.07) is 14.2. The largest absolute Gasteiger partial charge is 0.481 e. The summed E-state index contributed by atoms with van der Waals surface area (Å²) in [6.07, 6.45) is 1.13. The molecule has 0 aromatic heterocycles. The lowest BCUT2D eigenvalue weighted by Gasteiger charge is -2.24. The van der Waals surface area contributed by atoms with E-state index in [0.29, 0.717) is 6.42 Å². The Morgan fingerprint density at radius 1 is 1.17 bits per heavy atom. The maximum atomic E-state index is 12.9. The van der Waals surface area contributed by atoms with E-state index in [2.05, 4.69) is 12.1 Å². The summed E-state index contributed by atoms with van der Waals surface area (Å²) in [4.78, 5) is 14.8. The van der Waals surface area contributed by atoms with Crippen LogP contribution in [0.5, 0.6) is 5.75 Å². The molecule has 0 saturated carbocycles. The van der Waals surface area contributed by atoms with Crippen LogP contribution in [0.4, 0.5) is 5.69 Å². The first-order valence-corrected chi connectivity index (χ1v) is 8.22. The van der Waals surface area contributed by atoms with Crippen LogP contribution in [0.1, 0.15) is 30.0 Å². The highest BCUT2D eigenvalue weighted by molar-refractivity contribution is 5.98. The van der Waals surface area contributed by atoms with Crippen molar-refractivity contribution >= 4 is 11.6 Å². The molecule has 0 spiro atoms. The molecule has 2 aromatic rings. The Balaban J connectivity index is 1.80. The van der Waals surface area contributed by atoms with Crippen LogP contribution in [-0.4, -0.2) is 18.6 Å². The van der Waals surface area contributed by atoms with E-state index in [1.165, 1.54) is 5.56 Å². The summed E-state index contributed by atoms with van der Waals surface area (Å²) >= 11 is 0. The van der Waals surface area contributed by atoms with E-state index in [-0.39, 0.29) is 5.91 Å². The molecule has 1 amide bonds. The van der Waals surface area contributed by atoms with Crippen molar-refractivity contribution < 1.29 is 9.53 Å². The molecule has 3 rings (SSSR count). The molecular weight excluding hydrogens is 286 g/mol. The molecule has 23 heavy (non-hydrogen) atoms. The van der Waals surface area contributed by atoms with Crippen molar-refractivity contribution in [1.29, 1.82) is 0 Å². The Labute approximate surface area is 137 Å². The van der Waals surface area contributed by atoms with E-state index >= 15 is 0 Å². The molecule has 2 aromatic carbocycles. The van der Waals surface area contributed by atoms with Gasteiger partial charge in [0.15, 0.2) is 6.10 Å². The number of carbonyl (C=O) groups is 1. The molecule has 3 heteroatoms. The fourth-order valence-electron chi connectivity index (χ4n) is 3.21. The molecule has 0 aliphatic carbocycles. The summed E-state index contributed by atoms with van der Waals surface area (Å²) < 4.78 is 6.02. The van der Waals surface area contributed by atoms with Crippen molar-refractivity contribution in [3.05, 3.63) is 59.2 Å². The molecular formula is C20H23NO2. The highest BCUT2D eigenvalue weighted by Crippen LogP contribution is 2.29. The second kappa shape index (κ2) is 6.45. The molecule has 0 saturated heterocycles. The van der Waals surface area contributed by atoms with Crippen LogP contribution in [0.2, 0.25) is 0 Å². The molecule has 0 N–H and O–H groups in total. The molecule has 1 heterocycles. The fourth-order valence-corrected chi connectivity index (χ4v) is 3.21. The Kier molecular flexibility index (Phi) is 4.37. The summed E-state index contributed by atoms with van der Waals surface area (Å²) in [5.41, 5.74) is 4.56. The number of rotatable bonds is 4. The van der Waals surface area contributed by atoms with Gasteiger partial charge in [-0.25, -0.2) is 0 Å². The van der Waals surface area contributed by atoms with E-state index in [4.69, 9.17) is 4.74 Å². The second-order valence-corrected chi connectivity index (χ2v) is 6.21. The molecule has 0 unspecified atom stereocenters. The van der Waals surface area contributed by atoms with Gasteiger partial charge >= 0.3 is 0 Å². The van der Waals surface area contributed by atoms with Gasteiger partial charge in [-0.1, -0.05) is 31.2 Å². The molecule has 0 bridgehead atoms. The van der Waals surface area contributed by atoms with Crippen LogP contribution in [0.25, 0.3) is 0 Å². The number of fused-ring (bicyclic) bond motifs is 1. The van der Waals surface area contributed by atoms with Gasteiger partial charge in [0.1, 0.15) is 5.75 Å². The zero-order chi connectivity index (χ0) is 16.4. The van der Waals surface area contributed by atoms with Crippen molar-refractivity contribution in [2.45, 2.75) is 39.7 Å². The van der Waals surface area contributed by atoms with E-state index < -0.39 is 6.10 Å². The molecule has 1 aliphatic rings. The summed E-state index contributed by atoms with van der Waals surface area (Å²) in [5.74, 6) is 0.826. The first kappa shape index (κ1) is 15.6. The monoisotopic (exact) mass is 309 g/mol. The van der Waals surface area contributed by atoms with Crippen molar-refractivity contribution in [1.82, 2.24) is 0 Å². The van der Waals surface area contributed by atoms with Crippen LogP contribution >= 0.6 is 0 Å². The van der Waals surface area contributed by atoms with E-state index in [0.717, 1.165) is 35.5 Å². The van der Waals surface area contributed by atoms with Gasteiger partial charge in [-0.2, -0.15) is 0 Å². The average molecular weight is 309 g/mol. The summed E-state index contributed by atoms with van der Waals surface area (Å²) in [7, 11) is 0. The smallest absolute Gasteiger partial charge is 0.268 e. The van der Waals surface area contributed by atoms with Gasteiger partial charge in [-0.3, -0.25) is 4.79 Å². The normalized spacial score (nSPS) is 14.5. The lowest BCUT2D eigenvalue weighted by atomic mass is 10.1. The van der Waals surface area contributed by atoms with Crippen molar-refractivity contribution in [3.63, 3.8) is 0 Å². The van der Waals surface area contributed by atoms with Crippen molar-refractivity contribution in [2.24, 2.45) is 0 Å². The van der Waals surface area contributed by atoms with Crippen LogP contribution in [-0.2, 0) is 11.2 Å². The minimum absolute atomic E-state index is 0.0524. The summed E-state index contributed by atoms with van der Waals surface area (Å²) in [5, 5.41) is 0. The quantitative estimate of drug-likeness (QED) is 0.852. The van der Waals surface area contributed by atoms with Crippen LogP contribution in [0.15, 0.2) is 42.5 Å². The fraction of sp³-hybridized carbons (Fsp3) is 0.350. The van der Waals surface area contributed by atoms with Crippen LogP contribution < -0.4 is 9.64 Å². The molecule has 120 valence electrons. The Morgan fingerprint density at radius 3 is 2.57 bits per heavy atom. The number of anilines is 1. The third-order valence-corrected chi connectivity index (χ3v) is 4.27. The standard InChI is InChI=1S/C20H23NO2/c1-4-19(23-17-12-14(2)11-15(3)13-17)20(22)21-10-9-16-7-5-6-8-18(16)21/h5-8,11-13,19H,4,9-10H2,1-3H3/t19-/m0/s1. The number of aryl methyl sites for hydroxylation is 2. The predicted octanol–water partition coefficient (Wildman–Crippen LogP) is 4.05.